The number of aliphatic hydroxyl groups excluding tert-OH is 2. The molecule has 11 nitrogen and oxygen atoms in total. The largest absolute Gasteiger partial charge is 0.508 e. The molecule has 13 heteroatoms. The lowest BCUT2D eigenvalue weighted by Crippen LogP contribution is -2.51. The molecular weight excluding hydrogens is 819 g/mol. The van der Waals surface area contributed by atoms with Crippen molar-refractivity contribution in [1.82, 2.24) is 20.4 Å². The second-order valence-corrected chi connectivity index (χ2v) is 17.7. The fourth-order valence-electron chi connectivity index (χ4n) is 9.92. The SMILES string of the molecule is Cc1c(F)cccc1[C@@H](CCCN1CC(C(=O)c2cccc(O)c2)CC(C(=O)C2CC(C(=O)c3cccc(O)c3)CN(CCC[C@@H](NCCO)c3cccc(F)c3C)C2)C1)NCCO. The summed E-state index contributed by atoms with van der Waals surface area (Å²) in [6, 6.07) is 22.1. The summed E-state index contributed by atoms with van der Waals surface area (Å²) in [7, 11) is 0. The molecule has 6 N–H and O–H groups in total. The molecule has 0 saturated carbocycles. The molecule has 0 spiro atoms. The minimum atomic E-state index is -0.530. The van der Waals surface area contributed by atoms with Gasteiger partial charge in [-0.05, 0) is 124 Å². The van der Waals surface area contributed by atoms with E-state index in [1.54, 1.807) is 50.2 Å². The van der Waals surface area contributed by atoms with E-state index in [1.807, 2.05) is 12.1 Å². The van der Waals surface area contributed by atoms with Crippen molar-refractivity contribution in [3.05, 3.63) is 130 Å². The number of Topliss-reactive ketones (excluding diaryl/α,β-unsaturated/α-hetero) is 3. The Hall–Kier alpha value is -4.89. The minimum Gasteiger partial charge on any atom is -0.508 e. The fourth-order valence-corrected chi connectivity index (χ4v) is 9.92. The monoisotopic (exact) mass is 882 g/mol. The van der Waals surface area contributed by atoms with Gasteiger partial charge in [-0.2, -0.15) is 0 Å². The Balaban J connectivity index is 1.22. The molecule has 0 amide bonds. The summed E-state index contributed by atoms with van der Waals surface area (Å²) in [5.41, 5.74) is 3.45. The van der Waals surface area contributed by atoms with Gasteiger partial charge in [-0.1, -0.05) is 48.5 Å². The Morgan fingerprint density at radius 3 is 1.39 bits per heavy atom. The number of carbonyl (C=O) groups excluding carboxylic acids is 3. The average Bonchev–Trinajstić information content (AvgIpc) is 3.29. The van der Waals surface area contributed by atoms with Crippen LogP contribution in [0.1, 0.15) is 93.6 Å². The van der Waals surface area contributed by atoms with Crippen molar-refractivity contribution in [2.24, 2.45) is 23.7 Å². The molecule has 2 aliphatic heterocycles. The zero-order valence-corrected chi connectivity index (χ0v) is 37.0. The van der Waals surface area contributed by atoms with E-state index in [-0.39, 0.29) is 65.8 Å². The van der Waals surface area contributed by atoms with Gasteiger partial charge < -0.3 is 40.9 Å². The summed E-state index contributed by atoms with van der Waals surface area (Å²) in [5.74, 6) is -3.06. The first kappa shape index (κ1) is 48.6. The first-order valence-electron chi connectivity index (χ1n) is 22.7. The van der Waals surface area contributed by atoms with Gasteiger partial charge in [0.15, 0.2) is 11.6 Å². The normalized spacial score (nSPS) is 20.5. The Bertz CT molecular complexity index is 2050. The van der Waals surface area contributed by atoms with Gasteiger partial charge >= 0.3 is 0 Å². The summed E-state index contributed by atoms with van der Waals surface area (Å²) in [5, 5.41) is 46.4. The zero-order valence-electron chi connectivity index (χ0n) is 37.0. The van der Waals surface area contributed by atoms with Crippen LogP contribution in [0.2, 0.25) is 0 Å². The summed E-state index contributed by atoms with van der Waals surface area (Å²) >= 11 is 0. The number of nitrogens with one attached hydrogen (secondary N) is 2. The minimum absolute atomic E-state index is 0.00688. The maximum absolute atomic E-state index is 15.0. The second kappa shape index (κ2) is 23.3. The van der Waals surface area contributed by atoms with Gasteiger partial charge in [0.05, 0.1) is 13.2 Å². The highest BCUT2D eigenvalue weighted by atomic mass is 19.1. The number of phenols is 2. The average molecular weight is 883 g/mol. The molecule has 2 aliphatic rings. The number of ketones is 3. The summed E-state index contributed by atoms with van der Waals surface area (Å²) in [4.78, 5) is 47.5. The molecule has 0 bridgehead atoms. The number of hydrogen-bond donors (Lipinski definition) is 6. The van der Waals surface area contributed by atoms with Gasteiger partial charge in [0.2, 0.25) is 0 Å². The van der Waals surface area contributed by atoms with E-state index in [1.165, 1.54) is 36.4 Å². The van der Waals surface area contributed by atoms with Crippen LogP contribution < -0.4 is 10.6 Å². The Morgan fingerprint density at radius 2 is 1.00 bits per heavy atom. The standard InChI is InChI=1S/C51H64F2N4O7/c1-33-43(13-5-15-45(33)52)47(54-19-23-58)17-7-21-56-29-37(49(62)35-9-3-11-41(60)27-35)25-39(31-56)51(64)40-26-38(50(63)36-10-4-12-42(61)28-36)30-57(32-40)22-8-18-48(55-20-24-59)44-14-6-16-46(53)34(44)2/h3-6,9-16,27-28,37-40,47-48,54-55,58-61H,7-8,17-26,29-32H2,1-2H3/t37?,38?,39?,40?,47-,48-/m1/s1. The second-order valence-electron chi connectivity index (χ2n) is 17.7. The number of likely N-dealkylation sites (tertiary alicyclic amines) is 2. The van der Waals surface area contributed by atoms with E-state index in [9.17, 15) is 43.6 Å². The molecule has 64 heavy (non-hydrogen) atoms. The van der Waals surface area contributed by atoms with E-state index < -0.39 is 23.7 Å². The molecule has 4 aromatic carbocycles. The van der Waals surface area contributed by atoms with Crippen molar-refractivity contribution in [1.29, 1.82) is 0 Å². The van der Waals surface area contributed by atoms with Crippen LogP contribution in [0.4, 0.5) is 8.78 Å². The van der Waals surface area contributed by atoms with Crippen LogP contribution >= 0.6 is 0 Å². The lowest BCUT2D eigenvalue weighted by Gasteiger charge is -2.41. The lowest BCUT2D eigenvalue weighted by atomic mass is 9.75. The number of halogens is 2. The van der Waals surface area contributed by atoms with Crippen LogP contribution in [0.25, 0.3) is 0 Å². The zero-order chi connectivity index (χ0) is 45.8. The van der Waals surface area contributed by atoms with Crippen molar-refractivity contribution in [2.75, 3.05) is 65.6 Å². The highest BCUT2D eigenvalue weighted by Gasteiger charge is 2.42. The number of nitrogens with zero attached hydrogens (tertiary/aromatic N) is 2. The van der Waals surface area contributed by atoms with Crippen LogP contribution in [0, 0.1) is 49.2 Å². The van der Waals surface area contributed by atoms with Crippen LogP contribution in [-0.4, -0.2) is 113 Å². The van der Waals surface area contributed by atoms with Gasteiger partial charge in [-0.3, -0.25) is 14.4 Å². The first-order chi connectivity index (χ1) is 30.9. The van der Waals surface area contributed by atoms with Crippen LogP contribution in [-0.2, 0) is 4.79 Å². The number of carbonyl (C=O) groups is 3. The van der Waals surface area contributed by atoms with Crippen molar-refractivity contribution in [2.45, 2.75) is 64.5 Å². The van der Waals surface area contributed by atoms with Gasteiger partial charge in [0, 0.05) is 86.2 Å². The van der Waals surface area contributed by atoms with E-state index >= 15 is 0 Å². The van der Waals surface area contributed by atoms with Crippen LogP contribution in [0.5, 0.6) is 11.5 Å². The number of hydrogen-bond acceptors (Lipinski definition) is 11. The van der Waals surface area contributed by atoms with E-state index in [0.717, 1.165) is 11.1 Å². The molecule has 2 fully saturated rings. The molecule has 4 aromatic rings. The predicted octanol–water partition coefficient (Wildman–Crippen LogP) is 6.71. The van der Waals surface area contributed by atoms with Gasteiger partial charge in [0.1, 0.15) is 28.9 Å². The highest BCUT2D eigenvalue weighted by Crippen LogP contribution is 2.35. The molecule has 6 rings (SSSR count). The van der Waals surface area contributed by atoms with Crippen LogP contribution in [0.15, 0.2) is 84.9 Å². The summed E-state index contributed by atoms with van der Waals surface area (Å²) < 4.78 is 29.3. The topological polar surface area (TPSA) is 163 Å². The molecule has 4 unspecified atom stereocenters. The van der Waals surface area contributed by atoms with E-state index in [2.05, 4.69) is 20.4 Å². The van der Waals surface area contributed by atoms with Crippen molar-refractivity contribution in [3.8, 4) is 11.5 Å². The number of aromatic hydroxyl groups is 2. The third-order valence-electron chi connectivity index (χ3n) is 13.2. The Kier molecular flexibility index (Phi) is 17.7. The molecule has 0 aliphatic carbocycles. The molecule has 2 heterocycles. The fraction of sp³-hybridized carbons (Fsp3) is 0.471. The predicted molar refractivity (Wildman–Crippen MR) is 242 cm³/mol. The maximum atomic E-state index is 15.0. The smallest absolute Gasteiger partial charge is 0.167 e. The van der Waals surface area contributed by atoms with Gasteiger partial charge in [-0.15, -0.1) is 0 Å². The summed E-state index contributed by atoms with van der Waals surface area (Å²) in [6.45, 7) is 6.80. The van der Waals surface area contributed by atoms with Crippen molar-refractivity contribution < 1.29 is 43.6 Å². The molecule has 2 saturated heterocycles. The van der Waals surface area contributed by atoms with E-state index in [4.69, 9.17) is 0 Å². The highest BCUT2D eigenvalue weighted by molar-refractivity contribution is 6.00. The summed E-state index contributed by atoms with van der Waals surface area (Å²) in [6.07, 6.45) is 3.20. The third-order valence-corrected chi connectivity index (χ3v) is 13.2. The number of piperidine rings is 2. The Morgan fingerprint density at radius 1 is 0.609 bits per heavy atom. The van der Waals surface area contributed by atoms with Crippen molar-refractivity contribution in [3.63, 3.8) is 0 Å². The molecular formula is C51H64F2N4O7. The number of rotatable bonds is 22. The quantitative estimate of drug-likeness (QED) is 0.0466. The van der Waals surface area contributed by atoms with Crippen LogP contribution in [0.3, 0.4) is 0 Å². The van der Waals surface area contributed by atoms with Crippen molar-refractivity contribution >= 4 is 17.3 Å². The number of phenolic OH excluding ortho intramolecular Hbond substituents is 2. The molecule has 0 radical (unpaired) electrons. The Labute approximate surface area is 375 Å². The van der Waals surface area contributed by atoms with E-state index in [0.29, 0.717) is 113 Å². The lowest BCUT2D eigenvalue weighted by molar-refractivity contribution is -0.131. The third kappa shape index (κ3) is 12.7. The first-order valence-corrected chi connectivity index (χ1v) is 22.7. The van der Waals surface area contributed by atoms with Gasteiger partial charge in [0.25, 0.3) is 0 Å². The number of aliphatic hydroxyl groups is 2. The molecule has 0 aromatic heterocycles. The molecule has 6 atom stereocenters. The van der Waals surface area contributed by atoms with Gasteiger partial charge in [-0.25, -0.2) is 8.78 Å². The number of benzene rings is 4. The maximum Gasteiger partial charge on any atom is 0.167 e. The molecule has 344 valence electrons.